The van der Waals surface area contributed by atoms with Gasteiger partial charge in [0.2, 0.25) is 0 Å². The molecule has 39 heavy (non-hydrogen) atoms. The van der Waals surface area contributed by atoms with E-state index in [-0.39, 0.29) is 18.3 Å². The van der Waals surface area contributed by atoms with Gasteiger partial charge in [-0.05, 0) is 85.7 Å². The lowest BCUT2D eigenvalue weighted by molar-refractivity contribution is -0.139. The van der Waals surface area contributed by atoms with E-state index in [0.717, 1.165) is 41.6 Å². The minimum atomic E-state index is -4.37. The molecule has 0 amide bonds. The van der Waals surface area contributed by atoms with Gasteiger partial charge < -0.3 is 19.8 Å². The molecule has 0 aliphatic carbocycles. The number of carbonyl (C=O) groups is 1. The summed E-state index contributed by atoms with van der Waals surface area (Å²) in [4.78, 5) is 18.8. The summed E-state index contributed by atoms with van der Waals surface area (Å²) < 4.78 is 44.3. The normalized spacial score (nSPS) is 19.2. The highest BCUT2D eigenvalue weighted by molar-refractivity contribution is 7.99. The smallest absolute Gasteiger partial charge is 0.416 e. The van der Waals surface area contributed by atoms with Crippen molar-refractivity contribution in [2.75, 3.05) is 32.5 Å². The number of benzene rings is 2. The van der Waals surface area contributed by atoms with Crippen LogP contribution in [-0.4, -0.2) is 58.6 Å². The van der Waals surface area contributed by atoms with Gasteiger partial charge in [0, 0.05) is 41.7 Å². The number of aliphatic hydroxyl groups excluding tert-OH is 1. The summed E-state index contributed by atoms with van der Waals surface area (Å²) >= 11 is 1.37. The number of aliphatic hydroxyl groups is 1. The van der Waals surface area contributed by atoms with Crippen molar-refractivity contribution in [1.82, 2.24) is 9.88 Å². The van der Waals surface area contributed by atoms with Crippen LogP contribution in [0.15, 0.2) is 59.6 Å². The topological polar surface area (TPSA) is 82.9 Å². The van der Waals surface area contributed by atoms with E-state index in [1.54, 1.807) is 19.4 Å². The minimum Gasteiger partial charge on any atom is -0.497 e. The van der Waals surface area contributed by atoms with E-state index in [2.05, 4.69) is 9.88 Å². The molecule has 1 aliphatic heterocycles. The van der Waals surface area contributed by atoms with Gasteiger partial charge >= 0.3 is 12.1 Å². The second-order valence-corrected chi connectivity index (χ2v) is 11.1. The van der Waals surface area contributed by atoms with E-state index in [1.807, 2.05) is 24.3 Å². The fourth-order valence-corrected chi connectivity index (χ4v) is 6.31. The van der Waals surface area contributed by atoms with E-state index < -0.39 is 23.8 Å². The van der Waals surface area contributed by atoms with Crippen molar-refractivity contribution < 1.29 is 32.9 Å². The van der Waals surface area contributed by atoms with Gasteiger partial charge in [-0.1, -0.05) is 6.07 Å². The van der Waals surface area contributed by atoms with Crippen LogP contribution in [0.4, 0.5) is 13.2 Å². The summed E-state index contributed by atoms with van der Waals surface area (Å²) in [5.41, 5.74) is 0.890. The third-order valence-corrected chi connectivity index (χ3v) is 8.38. The van der Waals surface area contributed by atoms with Crippen molar-refractivity contribution in [2.45, 2.75) is 42.9 Å². The maximum Gasteiger partial charge on any atom is 0.416 e. The Balaban J connectivity index is 1.33. The van der Waals surface area contributed by atoms with Gasteiger partial charge in [0.25, 0.3) is 0 Å². The molecule has 1 fully saturated rings. The Labute approximate surface area is 230 Å². The van der Waals surface area contributed by atoms with E-state index in [1.165, 1.54) is 17.8 Å². The van der Waals surface area contributed by atoms with Crippen molar-refractivity contribution in [1.29, 1.82) is 0 Å². The van der Waals surface area contributed by atoms with Gasteiger partial charge in [-0.3, -0.25) is 9.78 Å². The molecule has 0 bridgehead atoms. The number of thioether (sulfide) groups is 1. The molecule has 0 spiro atoms. The number of fused-ring (bicyclic) bond motifs is 1. The van der Waals surface area contributed by atoms with Gasteiger partial charge in [0.05, 0.1) is 24.3 Å². The number of aliphatic carboxylic acids is 1. The number of hydrogen-bond donors (Lipinski definition) is 2. The number of aromatic nitrogens is 1. The molecule has 0 saturated carbocycles. The zero-order valence-electron chi connectivity index (χ0n) is 21.7. The molecular weight excluding hydrogens is 529 g/mol. The van der Waals surface area contributed by atoms with Crippen LogP contribution < -0.4 is 4.74 Å². The maximum atomic E-state index is 13.0. The van der Waals surface area contributed by atoms with Crippen LogP contribution in [0.2, 0.25) is 0 Å². The summed E-state index contributed by atoms with van der Waals surface area (Å²) in [7, 11) is 1.59. The number of hydrogen-bond acceptors (Lipinski definition) is 6. The number of nitrogens with zero attached hydrogens (tertiary/aromatic N) is 2. The first-order chi connectivity index (χ1) is 18.6. The predicted molar refractivity (Wildman–Crippen MR) is 145 cm³/mol. The molecule has 1 saturated heterocycles. The number of rotatable bonds is 11. The van der Waals surface area contributed by atoms with E-state index in [9.17, 15) is 28.2 Å². The van der Waals surface area contributed by atoms with Crippen molar-refractivity contribution in [3.8, 4) is 5.75 Å². The Morgan fingerprint density at radius 1 is 1.21 bits per heavy atom. The number of carboxylic acid groups (broad SMARTS) is 1. The molecule has 10 heteroatoms. The van der Waals surface area contributed by atoms with Crippen molar-refractivity contribution >= 4 is 28.6 Å². The molecule has 1 unspecified atom stereocenters. The van der Waals surface area contributed by atoms with Crippen LogP contribution in [0.1, 0.15) is 42.9 Å². The van der Waals surface area contributed by atoms with Crippen molar-refractivity contribution in [3.63, 3.8) is 0 Å². The third-order valence-electron chi connectivity index (χ3n) is 7.40. The Kier molecular flexibility index (Phi) is 9.74. The SMILES string of the molecule is COc1ccc2nccc(C(O)CC[C@@H]3CCN(CCSc4cccc(C(F)(F)F)c4)C[C@@H]3CC(=O)O)c2c1. The lowest BCUT2D eigenvalue weighted by Crippen LogP contribution is -2.42. The molecule has 1 aromatic heterocycles. The number of carboxylic acids is 1. The van der Waals surface area contributed by atoms with Crippen LogP contribution >= 0.6 is 11.8 Å². The quantitative estimate of drug-likeness (QED) is 0.266. The van der Waals surface area contributed by atoms with Gasteiger partial charge in [-0.2, -0.15) is 13.2 Å². The first-order valence-electron chi connectivity index (χ1n) is 13.0. The average Bonchev–Trinajstić information content (AvgIpc) is 2.91. The fraction of sp³-hybridized carbons (Fsp3) is 0.448. The number of piperidine rings is 1. The highest BCUT2D eigenvalue weighted by atomic mass is 32.2. The van der Waals surface area contributed by atoms with Crippen LogP contribution in [0.5, 0.6) is 5.75 Å². The lowest BCUT2D eigenvalue weighted by atomic mass is 9.79. The number of alkyl halides is 3. The summed E-state index contributed by atoms with van der Waals surface area (Å²) in [5, 5.41) is 21.4. The number of likely N-dealkylation sites (tertiary alicyclic amines) is 1. The molecule has 6 nitrogen and oxygen atoms in total. The number of pyridine rings is 1. The Morgan fingerprint density at radius 3 is 2.77 bits per heavy atom. The van der Waals surface area contributed by atoms with Gasteiger partial charge in [-0.15, -0.1) is 11.8 Å². The minimum absolute atomic E-state index is 0.0490. The van der Waals surface area contributed by atoms with Crippen molar-refractivity contribution in [3.05, 3.63) is 65.9 Å². The lowest BCUT2D eigenvalue weighted by Gasteiger charge is -2.38. The van der Waals surface area contributed by atoms with Gasteiger partial charge in [0.1, 0.15) is 5.75 Å². The molecule has 210 valence electrons. The van der Waals surface area contributed by atoms with Crippen molar-refractivity contribution in [2.24, 2.45) is 11.8 Å². The molecular formula is C29H33F3N2O4S. The zero-order valence-corrected chi connectivity index (χ0v) is 22.5. The van der Waals surface area contributed by atoms with Gasteiger partial charge in [-0.25, -0.2) is 0 Å². The summed E-state index contributed by atoms with van der Waals surface area (Å²) in [6.07, 6.45) is -1.35. The first kappa shape index (κ1) is 29.2. The van der Waals surface area contributed by atoms with Crippen LogP contribution in [0, 0.1) is 11.8 Å². The van der Waals surface area contributed by atoms with Crippen LogP contribution in [0.25, 0.3) is 10.9 Å². The molecule has 0 radical (unpaired) electrons. The molecule has 4 rings (SSSR count). The second kappa shape index (κ2) is 13.0. The summed E-state index contributed by atoms with van der Waals surface area (Å²) in [5.74, 6) is 0.548. The summed E-state index contributed by atoms with van der Waals surface area (Å²) in [6, 6.07) is 12.7. The molecule has 3 aromatic rings. The van der Waals surface area contributed by atoms with Gasteiger partial charge in [0.15, 0.2) is 0 Å². The number of methoxy groups -OCH3 is 1. The number of halogens is 3. The van der Waals surface area contributed by atoms with E-state index >= 15 is 0 Å². The van der Waals surface area contributed by atoms with E-state index in [0.29, 0.717) is 42.3 Å². The predicted octanol–water partition coefficient (Wildman–Crippen LogP) is 6.28. The molecule has 2 N–H and O–H groups in total. The Morgan fingerprint density at radius 2 is 2.03 bits per heavy atom. The maximum absolute atomic E-state index is 13.0. The van der Waals surface area contributed by atoms with E-state index in [4.69, 9.17) is 4.74 Å². The fourth-order valence-electron chi connectivity index (χ4n) is 5.34. The highest BCUT2D eigenvalue weighted by Gasteiger charge is 2.32. The first-order valence-corrected chi connectivity index (χ1v) is 14.0. The molecule has 3 atom stereocenters. The third kappa shape index (κ3) is 7.86. The monoisotopic (exact) mass is 562 g/mol. The molecule has 1 aliphatic rings. The largest absolute Gasteiger partial charge is 0.497 e. The standard InChI is InChI=1S/C29H33F3N2O4S/c1-38-22-6-7-26-25(17-22)24(9-11-33-26)27(35)8-5-19-10-12-34(18-20(19)15-28(36)37)13-14-39-23-4-2-3-21(16-23)29(30,31)32/h2-4,6-7,9,11,16-17,19-20,27,35H,5,8,10,12-15,18H2,1H3,(H,36,37)/t19-,20+,27?/m1/s1. The molecule has 2 heterocycles. The second-order valence-electron chi connectivity index (χ2n) is 9.96. The zero-order chi connectivity index (χ0) is 28.0. The summed E-state index contributed by atoms with van der Waals surface area (Å²) in [6.45, 7) is 2.07. The van der Waals surface area contributed by atoms with Crippen LogP contribution in [0.3, 0.4) is 0 Å². The number of ether oxygens (including phenoxy) is 1. The molecule has 2 aromatic carbocycles. The highest BCUT2D eigenvalue weighted by Crippen LogP contribution is 2.35. The Bertz CT molecular complexity index is 1270. The average molecular weight is 563 g/mol. The Hall–Kier alpha value is -2.82. The van der Waals surface area contributed by atoms with Crippen LogP contribution in [-0.2, 0) is 11.0 Å².